The average molecular weight is 351 g/mol. The predicted octanol–water partition coefficient (Wildman–Crippen LogP) is 3.58. The summed E-state index contributed by atoms with van der Waals surface area (Å²) in [5, 5.41) is 12.3. The van der Waals surface area contributed by atoms with Crippen molar-refractivity contribution in [2.75, 3.05) is 5.32 Å². The number of rotatable bonds is 6. The van der Waals surface area contributed by atoms with E-state index in [1.807, 2.05) is 18.2 Å². The number of aliphatic carboxylic acids is 1. The zero-order valence-electron chi connectivity index (χ0n) is 11.3. The fourth-order valence-electron chi connectivity index (χ4n) is 2.01. The van der Waals surface area contributed by atoms with Crippen LogP contribution in [0.4, 0.5) is 5.69 Å². The number of carbonyl (C=O) groups is 2. The Morgan fingerprint density at radius 3 is 2.76 bits per heavy atom. The number of benzene rings is 1. The molecule has 0 saturated heterocycles. The smallest absolute Gasteiger partial charge is 0.303 e. The van der Waals surface area contributed by atoms with Crippen LogP contribution in [-0.2, 0) is 9.59 Å². The summed E-state index contributed by atoms with van der Waals surface area (Å²) < 4.78 is 0.882. The van der Waals surface area contributed by atoms with Crippen molar-refractivity contribution in [3.05, 3.63) is 34.9 Å². The van der Waals surface area contributed by atoms with Crippen molar-refractivity contribution in [2.24, 2.45) is 0 Å². The van der Waals surface area contributed by atoms with Crippen molar-refractivity contribution in [2.45, 2.75) is 25.7 Å². The maximum absolute atomic E-state index is 11.9. The number of carboxylic acid groups (broad SMARTS) is 1. The van der Waals surface area contributed by atoms with Gasteiger partial charge in [-0.05, 0) is 40.9 Å². The van der Waals surface area contributed by atoms with Gasteiger partial charge in [0.05, 0.1) is 11.2 Å². The Labute approximate surface area is 130 Å². The zero-order valence-corrected chi connectivity index (χ0v) is 12.9. The SMILES string of the molecule is O=C(O)CCCCC(=O)Nc1cccc2cc(Br)cnc12. The van der Waals surface area contributed by atoms with Crippen molar-refractivity contribution >= 4 is 44.4 Å². The third-order valence-corrected chi connectivity index (χ3v) is 3.43. The van der Waals surface area contributed by atoms with Crippen LogP contribution in [0, 0.1) is 0 Å². The van der Waals surface area contributed by atoms with E-state index in [-0.39, 0.29) is 12.3 Å². The predicted molar refractivity (Wildman–Crippen MR) is 84.2 cm³/mol. The minimum atomic E-state index is -0.834. The number of hydrogen-bond acceptors (Lipinski definition) is 3. The highest BCUT2D eigenvalue weighted by Gasteiger charge is 2.07. The molecule has 1 aromatic carbocycles. The molecule has 0 radical (unpaired) electrons. The number of carboxylic acids is 1. The molecule has 21 heavy (non-hydrogen) atoms. The topological polar surface area (TPSA) is 79.3 Å². The van der Waals surface area contributed by atoms with Gasteiger partial charge in [-0.15, -0.1) is 0 Å². The summed E-state index contributed by atoms with van der Waals surface area (Å²) in [5.41, 5.74) is 1.41. The molecule has 1 heterocycles. The molecule has 0 aliphatic heterocycles. The fourth-order valence-corrected chi connectivity index (χ4v) is 2.36. The van der Waals surface area contributed by atoms with E-state index < -0.39 is 5.97 Å². The number of para-hydroxylation sites is 1. The van der Waals surface area contributed by atoms with Gasteiger partial charge in [-0.1, -0.05) is 12.1 Å². The van der Waals surface area contributed by atoms with Crippen LogP contribution in [0.15, 0.2) is 34.9 Å². The van der Waals surface area contributed by atoms with Gasteiger partial charge in [0.15, 0.2) is 0 Å². The number of carbonyl (C=O) groups excluding carboxylic acids is 1. The number of amides is 1. The second-order valence-electron chi connectivity index (χ2n) is 4.68. The molecule has 0 saturated carbocycles. The highest BCUT2D eigenvalue weighted by molar-refractivity contribution is 9.10. The summed E-state index contributed by atoms with van der Waals surface area (Å²) in [4.78, 5) is 26.6. The quantitative estimate of drug-likeness (QED) is 0.780. The van der Waals surface area contributed by atoms with Gasteiger partial charge in [-0.25, -0.2) is 0 Å². The first kappa shape index (κ1) is 15.4. The van der Waals surface area contributed by atoms with Gasteiger partial charge in [0.25, 0.3) is 0 Å². The number of nitrogens with one attached hydrogen (secondary N) is 1. The van der Waals surface area contributed by atoms with E-state index in [0.717, 1.165) is 15.4 Å². The highest BCUT2D eigenvalue weighted by Crippen LogP contribution is 2.24. The zero-order chi connectivity index (χ0) is 15.2. The molecule has 2 rings (SSSR count). The Kier molecular flexibility index (Phi) is 5.27. The molecule has 0 bridgehead atoms. The van der Waals surface area contributed by atoms with Crippen LogP contribution in [0.5, 0.6) is 0 Å². The number of hydrogen-bond donors (Lipinski definition) is 2. The Balaban J connectivity index is 1.99. The second-order valence-corrected chi connectivity index (χ2v) is 5.60. The molecule has 0 spiro atoms. The maximum Gasteiger partial charge on any atom is 0.303 e. The van der Waals surface area contributed by atoms with Gasteiger partial charge < -0.3 is 10.4 Å². The van der Waals surface area contributed by atoms with Crippen LogP contribution in [0.2, 0.25) is 0 Å². The van der Waals surface area contributed by atoms with Crippen molar-refractivity contribution in [1.82, 2.24) is 4.98 Å². The van der Waals surface area contributed by atoms with Crippen molar-refractivity contribution in [3.63, 3.8) is 0 Å². The lowest BCUT2D eigenvalue weighted by Crippen LogP contribution is -2.11. The van der Waals surface area contributed by atoms with Gasteiger partial charge in [-0.2, -0.15) is 0 Å². The number of unbranched alkanes of at least 4 members (excludes halogenated alkanes) is 1. The van der Waals surface area contributed by atoms with E-state index in [1.54, 1.807) is 12.3 Å². The van der Waals surface area contributed by atoms with Crippen LogP contribution in [0.25, 0.3) is 10.9 Å². The lowest BCUT2D eigenvalue weighted by Gasteiger charge is -2.08. The number of fused-ring (bicyclic) bond motifs is 1. The number of nitrogens with zero attached hydrogens (tertiary/aromatic N) is 1. The molecule has 2 aromatic rings. The van der Waals surface area contributed by atoms with Gasteiger partial charge >= 0.3 is 5.97 Å². The van der Waals surface area contributed by atoms with E-state index in [1.165, 1.54) is 0 Å². The molecule has 2 N–H and O–H groups in total. The van der Waals surface area contributed by atoms with Crippen LogP contribution >= 0.6 is 15.9 Å². The highest BCUT2D eigenvalue weighted by atomic mass is 79.9. The third-order valence-electron chi connectivity index (χ3n) is 3.00. The standard InChI is InChI=1S/C15H15BrN2O3/c16-11-8-10-4-3-5-12(15(10)17-9-11)18-13(19)6-1-2-7-14(20)21/h3-5,8-9H,1-2,6-7H2,(H,18,19)(H,20,21). The van der Waals surface area contributed by atoms with E-state index >= 15 is 0 Å². The van der Waals surface area contributed by atoms with Gasteiger partial charge in [0, 0.05) is 28.9 Å². The average Bonchev–Trinajstić information content (AvgIpc) is 2.43. The molecular weight excluding hydrogens is 336 g/mol. The lowest BCUT2D eigenvalue weighted by atomic mass is 10.1. The van der Waals surface area contributed by atoms with Crippen LogP contribution in [0.3, 0.4) is 0 Å². The van der Waals surface area contributed by atoms with E-state index in [4.69, 9.17) is 5.11 Å². The number of halogens is 1. The molecule has 6 heteroatoms. The van der Waals surface area contributed by atoms with E-state index in [9.17, 15) is 9.59 Å². The van der Waals surface area contributed by atoms with Gasteiger partial charge in [0.1, 0.15) is 0 Å². The molecule has 0 aliphatic rings. The Bertz CT molecular complexity index is 673. The van der Waals surface area contributed by atoms with Gasteiger partial charge in [-0.3, -0.25) is 14.6 Å². The monoisotopic (exact) mass is 350 g/mol. The van der Waals surface area contributed by atoms with Crippen LogP contribution in [-0.4, -0.2) is 22.0 Å². The van der Waals surface area contributed by atoms with E-state index in [2.05, 4.69) is 26.2 Å². The summed E-state index contributed by atoms with van der Waals surface area (Å²) in [6.45, 7) is 0. The number of pyridine rings is 1. The second kappa shape index (κ2) is 7.17. The van der Waals surface area contributed by atoms with Crippen LogP contribution < -0.4 is 5.32 Å². The molecule has 0 atom stereocenters. The van der Waals surface area contributed by atoms with Crippen molar-refractivity contribution in [1.29, 1.82) is 0 Å². The largest absolute Gasteiger partial charge is 0.481 e. The summed E-state index contributed by atoms with van der Waals surface area (Å²) >= 11 is 3.36. The lowest BCUT2D eigenvalue weighted by molar-refractivity contribution is -0.137. The molecule has 0 aliphatic carbocycles. The summed E-state index contributed by atoms with van der Waals surface area (Å²) in [5.74, 6) is -0.961. The maximum atomic E-state index is 11.9. The first-order valence-electron chi connectivity index (χ1n) is 6.62. The molecular formula is C15H15BrN2O3. The molecule has 1 aromatic heterocycles. The first-order valence-corrected chi connectivity index (χ1v) is 7.41. The Morgan fingerprint density at radius 1 is 1.24 bits per heavy atom. The molecule has 1 amide bonds. The summed E-state index contributed by atoms with van der Waals surface area (Å²) in [7, 11) is 0. The van der Waals surface area contributed by atoms with Crippen LogP contribution in [0.1, 0.15) is 25.7 Å². The Morgan fingerprint density at radius 2 is 2.00 bits per heavy atom. The summed E-state index contributed by atoms with van der Waals surface area (Å²) in [6, 6.07) is 7.52. The molecule has 110 valence electrons. The molecule has 0 fully saturated rings. The normalized spacial score (nSPS) is 10.5. The number of anilines is 1. The van der Waals surface area contributed by atoms with Gasteiger partial charge in [0.2, 0.25) is 5.91 Å². The van der Waals surface area contributed by atoms with Crippen molar-refractivity contribution < 1.29 is 14.7 Å². The molecule has 0 unspecified atom stereocenters. The third kappa shape index (κ3) is 4.53. The van der Waals surface area contributed by atoms with Crippen molar-refractivity contribution in [3.8, 4) is 0 Å². The first-order chi connectivity index (χ1) is 10.1. The minimum Gasteiger partial charge on any atom is -0.481 e. The molecule has 5 nitrogen and oxygen atoms in total. The number of aromatic nitrogens is 1. The fraction of sp³-hybridized carbons (Fsp3) is 0.267. The Hall–Kier alpha value is -1.95. The van der Waals surface area contributed by atoms with E-state index in [0.29, 0.717) is 24.9 Å². The summed E-state index contributed by atoms with van der Waals surface area (Å²) in [6.07, 6.45) is 3.15. The minimum absolute atomic E-state index is 0.0944.